The molecule has 1 N–H and O–H groups in total. The van der Waals surface area contributed by atoms with E-state index in [-0.39, 0.29) is 17.9 Å². The first-order chi connectivity index (χ1) is 12.4. The van der Waals surface area contributed by atoms with Crippen LogP contribution in [0, 0.1) is 4.91 Å². The van der Waals surface area contributed by atoms with Crippen molar-refractivity contribution in [3.8, 4) is 11.1 Å². The highest BCUT2D eigenvalue weighted by Gasteiger charge is 2.28. The molecule has 0 saturated heterocycles. The van der Waals surface area contributed by atoms with Crippen LogP contribution in [0.2, 0.25) is 0 Å². The van der Waals surface area contributed by atoms with Gasteiger partial charge in [0.2, 0.25) is 6.04 Å². The fourth-order valence-electron chi connectivity index (χ4n) is 2.50. The van der Waals surface area contributed by atoms with Crippen molar-refractivity contribution in [2.75, 3.05) is 18.5 Å². The van der Waals surface area contributed by atoms with E-state index in [0.29, 0.717) is 11.1 Å². The highest BCUT2D eigenvalue weighted by atomic mass is 19.4. The van der Waals surface area contributed by atoms with Crippen LogP contribution in [0.5, 0.6) is 0 Å². The van der Waals surface area contributed by atoms with Crippen molar-refractivity contribution in [2.24, 2.45) is 5.18 Å². The molecule has 1 atom stereocenters. The number of rotatable bonds is 7. The van der Waals surface area contributed by atoms with Crippen molar-refractivity contribution in [3.63, 3.8) is 0 Å². The lowest BCUT2D eigenvalue weighted by Crippen LogP contribution is -2.21. The Bertz CT molecular complexity index is 778. The Morgan fingerprint density at radius 1 is 1.12 bits per heavy atom. The van der Waals surface area contributed by atoms with Gasteiger partial charge >= 0.3 is 12.1 Å². The fraction of sp³-hybridized carbons (Fsp3) is 0.278. The van der Waals surface area contributed by atoms with Crippen molar-refractivity contribution in [3.05, 3.63) is 59.0 Å². The summed E-state index contributed by atoms with van der Waals surface area (Å²) in [6, 6.07) is 11.3. The minimum absolute atomic E-state index is 0.0801. The number of hydrogen-bond acceptors (Lipinski definition) is 5. The number of anilines is 1. The first kappa shape index (κ1) is 19.4. The van der Waals surface area contributed by atoms with Crippen LogP contribution in [-0.2, 0) is 9.53 Å². The molecule has 0 aliphatic rings. The molecule has 0 aromatic heterocycles. The topological polar surface area (TPSA) is 67.8 Å². The smallest absolute Gasteiger partial charge is 0.405 e. The molecule has 0 aliphatic carbocycles. The third-order valence-electron chi connectivity index (χ3n) is 3.57. The zero-order valence-corrected chi connectivity index (χ0v) is 13.9. The normalized spacial score (nSPS) is 12.3. The number of hydrogen-bond donors (Lipinski definition) is 1. The van der Waals surface area contributed by atoms with Gasteiger partial charge in [0.05, 0.1) is 6.61 Å². The zero-order chi connectivity index (χ0) is 19.2. The van der Waals surface area contributed by atoms with Crippen molar-refractivity contribution in [1.29, 1.82) is 0 Å². The molecule has 0 radical (unpaired) electrons. The minimum Gasteiger partial charge on any atom is -0.464 e. The quantitative estimate of drug-likeness (QED) is 0.570. The Labute approximate surface area is 148 Å². The van der Waals surface area contributed by atoms with E-state index < -0.39 is 24.7 Å². The monoisotopic (exact) mass is 366 g/mol. The molecule has 0 amide bonds. The minimum atomic E-state index is -4.38. The maximum atomic E-state index is 12.5. The first-order valence-electron chi connectivity index (χ1n) is 7.85. The molecule has 0 heterocycles. The maximum Gasteiger partial charge on any atom is 0.405 e. The zero-order valence-electron chi connectivity index (χ0n) is 13.9. The summed E-state index contributed by atoms with van der Waals surface area (Å²) >= 11 is 0. The highest BCUT2D eigenvalue weighted by Crippen LogP contribution is 2.35. The molecule has 0 fully saturated rings. The molecule has 0 spiro atoms. The summed E-state index contributed by atoms with van der Waals surface area (Å²) in [5.74, 6) is -0.810. The van der Waals surface area contributed by atoms with E-state index in [1.165, 1.54) is 12.1 Å². The number of ether oxygens (including phenoxy) is 1. The highest BCUT2D eigenvalue weighted by molar-refractivity contribution is 5.86. The van der Waals surface area contributed by atoms with E-state index in [4.69, 9.17) is 4.74 Å². The lowest BCUT2D eigenvalue weighted by molar-refractivity contribution is -0.144. The van der Waals surface area contributed by atoms with E-state index >= 15 is 0 Å². The summed E-state index contributed by atoms with van der Waals surface area (Å²) in [7, 11) is 0. The maximum absolute atomic E-state index is 12.5. The predicted octanol–water partition coefficient (Wildman–Crippen LogP) is 4.70. The number of benzene rings is 2. The number of esters is 1. The van der Waals surface area contributed by atoms with Crippen molar-refractivity contribution in [1.82, 2.24) is 0 Å². The number of halogens is 3. The van der Waals surface area contributed by atoms with Crippen LogP contribution in [0.4, 0.5) is 18.9 Å². The second-order valence-electron chi connectivity index (χ2n) is 5.36. The average molecular weight is 366 g/mol. The molecule has 0 bridgehead atoms. The van der Waals surface area contributed by atoms with E-state index in [0.717, 1.165) is 0 Å². The SMILES string of the molecule is CCOC(=O)C(N=O)c1ccccc1-c1ccccc1NCC(F)(F)F. The van der Waals surface area contributed by atoms with Gasteiger partial charge in [-0.1, -0.05) is 42.5 Å². The van der Waals surface area contributed by atoms with Gasteiger partial charge in [-0.3, -0.25) is 0 Å². The fourth-order valence-corrected chi connectivity index (χ4v) is 2.50. The van der Waals surface area contributed by atoms with E-state index in [2.05, 4.69) is 10.5 Å². The first-order valence-corrected chi connectivity index (χ1v) is 7.85. The largest absolute Gasteiger partial charge is 0.464 e. The van der Waals surface area contributed by atoms with Gasteiger partial charge in [-0.25, -0.2) is 4.79 Å². The lowest BCUT2D eigenvalue weighted by atomic mass is 9.94. The third kappa shape index (κ3) is 4.81. The van der Waals surface area contributed by atoms with Crippen molar-refractivity contribution < 1.29 is 22.7 Å². The summed E-state index contributed by atoms with van der Waals surface area (Å²) in [6.07, 6.45) is -4.38. The number of carbonyl (C=O) groups excluding carboxylic acids is 1. The Hall–Kier alpha value is -2.90. The van der Waals surface area contributed by atoms with Crippen LogP contribution in [0.3, 0.4) is 0 Å². The Morgan fingerprint density at radius 2 is 1.73 bits per heavy atom. The molecule has 26 heavy (non-hydrogen) atoms. The van der Waals surface area contributed by atoms with Crippen molar-refractivity contribution >= 4 is 11.7 Å². The molecule has 2 aromatic rings. The van der Waals surface area contributed by atoms with Crippen LogP contribution in [-0.4, -0.2) is 25.3 Å². The number of nitroso groups, excluding NO2 is 1. The van der Waals surface area contributed by atoms with Crippen LogP contribution in [0.15, 0.2) is 53.7 Å². The Kier molecular flexibility index (Phi) is 6.32. The van der Waals surface area contributed by atoms with Crippen LogP contribution in [0.25, 0.3) is 11.1 Å². The lowest BCUT2D eigenvalue weighted by Gasteiger charge is -2.17. The molecule has 2 rings (SSSR count). The summed E-state index contributed by atoms with van der Waals surface area (Å²) in [6.45, 7) is 0.470. The van der Waals surface area contributed by atoms with Gasteiger partial charge in [0.25, 0.3) is 0 Å². The van der Waals surface area contributed by atoms with Gasteiger partial charge in [-0.15, -0.1) is 4.91 Å². The summed E-state index contributed by atoms with van der Waals surface area (Å²) < 4.78 is 42.5. The van der Waals surface area contributed by atoms with Gasteiger partial charge in [-0.05, 0) is 29.3 Å². The molecule has 0 saturated carbocycles. The molecule has 8 heteroatoms. The predicted molar refractivity (Wildman–Crippen MR) is 91.6 cm³/mol. The van der Waals surface area contributed by atoms with Crippen LogP contribution in [0.1, 0.15) is 18.5 Å². The molecule has 2 aromatic carbocycles. The number of nitrogens with one attached hydrogen (secondary N) is 1. The van der Waals surface area contributed by atoms with Gasteiger partial charge in [-0.2, -0.15) is 13.2 Å². The molecule has 5 nitrogen and oxygen atoms in total. The number of alkyl halides is 3. The molecule has 0 aliphatic heterocycles. The summed E-state index contributed by atoms with van der Waals surface area (Å²) in [5, 5.41) is 5.19. The van der Waals surface area contributed by atoms with Gasteiger partial charge < -0.3 is 10.1 Å². The second-order valence-corrected chi connectivity index (χ2v) is 5.36. The molecule has 138 valence electrons. The molecular weight excluding hydrogens is 349 g/mol. The van der Waals surface area contributed by atoms with E-state index in [9.17, 15) is 22.9 Å². The number of carbonyl (C=O) groups is 1. The third-order valence-corrected chi connectivity index (χ3v) is 3.57. The number of para-hydroxylation sites is 1. The van der Waals surface area contributed by atoms with E-state index in [1.807, 2.05) is 0 Å². The average Bonchev–Trinajstić information content (AvgIpc) is 2.61. The summed E-state index contributed by atoms with van der Waals surface area (Å²) in [5.41, 5.74) is 1.34. The second kappa shape index (κ2) is 8.46. The van der Waals surface area contributed by atoms with Gasteiger partial charge in [0, 0.05) is 11.3 Å². The molecule has 1 unspecified atom stereocenters. The van der Waals surface area contributed by atoms with E-state index in [1.54, 1.807) is 43.3 Å². The van der Waals surface area contributed by atoms with Crippen LogP contribution >= 0.6 is 0 Å². The van der Waals surface area contributed by atoms with Crippen LogP contribution < -0.4 is 5.32 Å². The van der Waals surface area contributed by atoms with Gasteiger partial charge in [0.1, 0.15) is 6.54 Å². The Balaban J connectivity index is 2.47. The Morgan fingerprint density at radius 3 is 2.35 bits per heavy atom. The summed E-state index contributed by atoms with van der Waals surface area (Å²) in [4.78, 5) is 23.3. The van der Waals surface area contributed by atoms with Gasteiger partial charge in [0.15, 0.2) is 0 Å². The number of nitrogens with zero attached hydrogens (tertiary/aromatic N) is 1. The molecular formula is C18H17F3N2O3. The standard InChI is InChI=1S/C18H17F3N2O3/c1-2-26-17(24)16(23-25)14-9-4-3-7-12(14)13-8-5-6-10-15(13)22-11-18(19,20)21/h3-10,16,22H,2,11H2,1H3. The van der Waals surface area contributed by atoms with Crippen molar-refractivity contribution in [2.45, 2.75) is 19.1 Å².